The van der Waals surface area contributed by atoms with Gasteiger partial charge in [0.15, 0.2) is 0 Å². The summed E-state index contributed by atoms with van der Waals surface area (Å²) in [6.07, 6.45) is 3.93. The molecule has 0 radical (unpaired) electrons. The van der Waals surface area contributed by atoms with Crippen LogP contribution < -0.4 is 0 Å². The normalized spacial score (nSPS) is 26.4. The van der Waals surface area contributed by atoms with Crippen LogP contribution in [0.4, 0.5) is 0 Å². The molecular formula is C19H30N2O2. The standard InChI is InChI=1S/C18H26N2O2.CH4/c21-18(22)16-7-4-8-17(13-16)20-11-9-19(10-12-20)14-15-5-2-1-3-6-15;/h1-3,5-6,16-17H,4,7-14H2,(H,21,22);1H4/t16-,17-;/m1./s1. The van der Waals surface area contributed by atoms with Crippen molar-refractivity contribution in [1.82, 2.24) is 9.80 Å². The molecule has 0 bridgehead atoms. The lowest BCUT2D eigenvalue weighted by atomic mass is 9.85. The van der Waals surface area contributed by atoms with Crippen molar-refractivity contribution in [3.8, 4) is 0 Å². The molecule has 1 saturated carbocycles. The van der Waals surface area contributed by atoms with Crippen LogP contribution >= 0.6 is 0 Å². The van der Waals surface area contributed by atoms with Crippen molar-refractivity contribution in [3.05, 3.63) is 35.9 Å². The van der Waals surface area contributed by atoms with Crippen molar-refractivity contribution in [2.75, 3.05) is 26.2 Å². The first-order valence-electron chi connectivity index (χ1n) is 8.45. The largest absolute Gasteiger partial charge is 0.481 e. The van der Waals surface area contributed by atoms with E-state index in [0.717, 1.165) is 52.0 Å². The molecule has 1 saturated heterocycles. The molecule has 1 aliphatic heterocycles. The van der Waals surface area contributed by atoms with Gasteiger partial charge in [0.2, 0.25) is 0 Å². The topological polar surface area (TPSA) is 43.8 Å². The first kappa shape index (κ1) is 18.0. The van der Waals surface area contributed by atoms with Crippen LogP contribution in [-0.2, 0) is 11.3 Å². The third kappa shape index (κ3) is 4.79. The summed E-state index contributed by atoms with van der Waals surface area (Å²) in [4.78, 5) is 16.2. The second kappa shape index (κ2) is 8.46. The predicted molar refractivity (Wildman–Crippen MR) is 93.4 cm³/mol. The molecule has 2 atom stereocenters. The molecular weight excluding hydrogens is 288 g/mol. The van der Waals surface area contributed by atoms with E-state index in [1.807, 2.05) is 0 Å². The average Bonchev–Trinajstić information content (AvgIpc) is 2.56. The zero-order valence-electron chi connectivity index (χ0n) is 13.2. The van der Waals surface area contributed by atoms with Crippen LogP contribution in [0.25, 0.3) is 0 Å². The Labute approximate surface area is 140 Å². The van der Waals surface area contributed by atoms with Crippen molar-refractivity contribution in [2.24, 2.45) is 5.92 Å². The number of carbonyl (C=O) groups is 1. The van der Waals surface area contributed by atoms with Gasteiger partial charge in [0.25, 0.3) is 0 Å². The van der Waals surface area contributed by atoms with E-state index in [-0.39, 0.29) is 13.3 Å². The summed E-state index contributed by atoms with van der Waals surface area (Å²) in [6.45, 7) is 5.34. The Kier molecular flexibility index (Phi) is 6.60. The number of hydrogen-bond acceptors (Lipinski definition) is 3. The van der Waals surface area contributed by atoms with Gasteiger partial charge in [-0.05, 0) is 24.8 Å². The van der Waals surface area contributed by atoms with Crippen LogP contribution in [0.1, 0.15) is 38.7 Å². The Morgan fingerprint density at radius 1 is 1.09 bits per heavy atom. The average molecular weight is 318 g/mol. The fourth-order valence-electron chi connectivity index (χ4n) is 3.85. The van der Waals surface area contributed by atoms with E-state index >= 15 is 0 Å². The molecule has 4 nitrogen and oxygen atoms in total. The Morgan fingerprint density at radius 2 is 1.78 bits per heavy atom. The Morgan fingerprint density at radius 3 is 2.43 bits per heavy atom. The minimum Gasteiger partial charge on any atom is -0.481 e. The van der Waals surface area contributed by atoms with Crippen molar-refractivity contribution >= 4 is 5.97 Å². The summed E-state index contributed by atoms with van der Waals surface area (Å²) in [7, 11) is 0. The SMILES string of the molecule is C.O=C(O)[C@@H]1CCC[C@@H](N2CCN(Cc3ccccc3)CC2)C1. The van der Waals surface area contributed by atoms with Crippen LogP contribution in [0, 0.1) is 5.92 Å². The van der Waals surface area contributed by atoms with E-state index in [0.29, 0.717) is 6.04 Å². The smallest absolute Gasteiger partial charge is 0.306 e. The summed E-state index contributed by atoms with van der Waals surface area (Å²) < 4.78 is 0. The lowest BCUT2D eigenvalue weighted by Crippen LogP contribution is -2.51. The zero-order chi connectivity index (χ0) is 15.4. The van der Waals surface area contributed by atoms with Crippen LogP contribution in [0.2, 0.25) is 0 Å². The molecule has 1 aromatic rings. The number of rotatable bonds is 4. The third-order valence-electron chi connectivity index (χ3n) is 5.17. The van der Waals surface area contributed by atoms with Gasteiger partial charge < -0.3 is 5.11 Å². The van der Waals surface area contributed by atoms with Crippen molar-refractivity contribution < 1.29 is 9.90 Å². The highest BCUT2D eigenvalue weighted by molar-refractivity contribution is 5.70. The van der Waals surface area contributed by atoms with Crippen molar-refractivity contribution in [2.45, 2.75) is 45.7 Å². The quantitative estimate of drug-likeness (QED) is 0.926. The van der Waals surface area contributed by atoms with E-state index in [1.165, 1.54) is 12.0 Å². The van der Waals surface area contributed by atoms with Gasteiger partial charge in [-0.25, -0.2) is 0 Å². The van der Waals surface area contributed by atoms with Crippen molar-refractivity contribution in [1.29, 1.82) is 0 Å². The molecule has 0 amide bonds. The maximum atomic E-state index is 11.2. The minimum atomic E-state index is -0.604. The molecule has 23 heavy (non-hydrogen) atoms. The molecule has 2 fully saturated rings. The number of nitrogens with zero attached hydrogens (tertiary/aromatic N) is 2. The fourth-order valence-corrected chi connectivity index (χ4v) is 3.85. The summed E-state index contributed by atoms with van der Waals surface area (Å²) in [6, 6.07) is 11.1. The van der Waals surface area contributed by atoms with Crippen LogP contribution in [0.5, 0.6) is 0 Å². The van der Waals surface area contributed by atoms with Crippen LogP contribution in [0.3, 0.4) is 0 Å². The molecule has 0 aromatic heterocycles. The third-order valence-corrected chi connectivity index (χ3v) is 5.17. The first-order valence-corrected chi connectivity index (χ1v) is 8.45. The summed E-state index contributed by atoms with van der Waals surface area (Å²) in [5, 5.41) is 9.23. The molecule has 2 aliphatic rings. The van der Waals surface area contributed by atoms with Gasteiger partial charge in [-0.15, -0.1) is 0 Å². The Balaban J connectivity index is 0.00000192. The maximum Gasteiger partial charge on any atom is 0.306 e. The van der Waals surface area contributed by atoms with E-state index in [9.17, 15) is 9.90 Å². The van der Waals surface area contributed by atoms with E-state index in [4.69, 9.17) is 0 Å². The van der Waals surface area contributed by atoms with Gasteiger partial charge in [0, 0.05) is 38.8 Å². The van der Waals surface area contributed by atoms with Gasteiger partial charge >= 0.3 is 5.97 Å². The highest BCUT2D eigenvalue weighted by Gasteiger charge is 2.31. The maximum absolute atomic E-state index is 11.2. The fraction of sp³-hybridized carbons (Fsp3) is 0.632. The van der Waals surface area contributed by atoms with E-state index in [2.05, 4.69) is 40.1 Å². The number of piperazine rings is 1. The highest BCUT2D eigenvalue weighted by atomic mass is 16.4. The molecule has 1 N–H and O–H groups in total. The molecule has 1 heterocycles. The number of carboxylic acid groups (broad SMARTS) is 1. The van der Waals surface area contributed by atoms with Gasteiger partial charge in [-0.3, -0.25) is 14.6 Å². The Bertz CT molecular complexity index is 483. The lowest BCUT2D eigenvalue weighted by molar-refractivity contribution is -0.143. The first-order chi connectivity index (χ1) is 10.7. The number of aliphatic carboxylic acids is 1. The van der Waals surface area contributed by atoms with Gasteiger partial charge in [0.1, 0.15) is 0 Å². The van der Waals surface area contributed by atoms with E-state index in [1.54, 1.807) is 0 Å². The van der Waals surface area contributed by atoms with Crippen molar-refractivity contribution in [3.63, 3.8) is 0 Å². The van der Waals surface area contributed by atoms with E-state index < -0.39 is 5.97 Å². The predicted octanol–water partition coefficient (Wildman–Crippen LogP) is 3.08. The van der Waals surface area contributed by atoms with Gasteiger partial charge in [-0.2, -0.15) is 0 Å². The molecule has 1 aromatic carbocycles. The zero-order valence-corrected chi connectivity index (χ0v) is 13.2. The molecule has 1 aliphatic carbocycles. The summed E-state index contributed by atoms with van der Waals surface area (Å²) in [5.74, 6) is -0.728. The van der Waals surface area contributed by atoms with Gasteiger partial charge in [-0.1, -0.05) is 44.2 Å². The molecule has 0 unspecified atom stereocenters. The number of hydrogen-bond donors (Lipinski definition) is 1. The second-order valence-electron chi connectivity index (χ2n) is 6.65. The van der Waals surface area contributed by atoms with Crippen LogP contribution in [0.15, 0.2) is 30.3 Å². The minimum absolute atomic E-state index is 0. The highest BCUT2D eigenvalue weighted by Crippen LogP contribution is 2.28. The monoisotopic (exact) mass is 318 g/mol. The van der Waals surface area contributed by atoms with Gasteiger partial charge in [0.05, 0.1) is 5.92 Å². The van der Waals surface area contributed by atoms with Crippen LogP contribution in [-0.4, -0.2) is 53.1 Å². The lowest BCUT2D eigenvalue weighted by Gasteiger charge is -2.41. The summed E-state index contributed by atoms with van der Waals surface area (Å²) in [5.41, 5.74) is 1.37. The molecule has 3 rings (SSSR count). The number of benzene rings is 1. The molecule has 0 spiro atoms. The number of carboxylic acids is 1. The summed E-state index contributed by atoms with van der Waals surface area (Å²) >= 11 is 0. The molecule has 128 valence electrons. The Hall–Kier alpha value is -1.39. The second-order valence-corrected chi connectivity index (χ2v) is 6.65. The molecule has 4 heteroatoms.